The Bertz CT molecular complexity index is 659. The normalized spacial score (nSPS) is 10.1. The zero-order valence-corrected chi connectivity index (χ0v) is 12.6. The zero-order valence-electron chi connectivity index (χ0n) is 12.6. The maximum atomic E-state index is 11.7. The topological polar surface area (TPSA) is 82.3 Å². The van der Waals surface area contributed by atoms with E-state index in [1.165, 1.54) is 23.9 Å². The molecular weight excluding hydrogens is 296 g/mol. The number of carbonyl (C=O) groups is 2. The van der Waals surface area contributed by atoms with Gasteiger partial charge in [-0.1, -0.05) is 30.3 Å². The molecule has 0 bridgehead atoms. The van der Waals surface area contributed by atoms with Crippen LogP contribution in [0.3, 0.4) is 0 Å². The van der Waals surface area contributed by atoms with Gasteiger partial charge >= 0.3 is 11.7 Å². The second-order valence-corrected chi connectivity index (χ2v) is 4.93. The average Bonchev–Trinajstić information content (AvgIpc) is 2.58. The van der Waals surface area contributed by atoms with Gasteiger partial charge in [-0.15, -0.1) is 0 Å². The minimum Gasteiger partial charge on any atom is -0.618 e. The van der Waals surface area contributed by atoms with E-state index in [0.29, 0.717) is 11.3 Å². The first-order valence-electron chi connectivity index (χ1n) is 7.33. The molecule has 0 atom stereocenters. The molecule has 2 rings (SSSR count). The van der Waals surface area contributed by atoms with Crippen molar-refractivity contribution in [2.24, 2.45) is 0 Å². The molecule has 1 heterocycles. The second kappa shape index (κ2) is 8.53. The van der Waals surface area contributed by atoms with Gasteiger partial charge in [-0.2, -0.15) is 4.73 Å². The molecule has 0 saturated heterocycles. The lowest BCUT2D eigenvalue weighted by molar-refractivity contribution is -0.608. The van der Waals surface area contributed by atoms with Crippen molar-refractivity contribution in [1.82, 2.24) is 5.32 Å². The molecule has 0 unspecified atom stereocenters. The Balaban J connectivity index is 1.65. The minimum atomic E-state index is -0.819. The van der Waals surface area contributed by atoms with Crippen LogP contribution in [0.25, 0.3) is 0 Å². The molecule has 6 nitrogen and oxygen atoms in total. The van der Waals surface area contributed by atoms with E-state index in [9.17, 15) is 14.8 Å². The summed E-state index contributed by atoms with van der Waals surface area (Å²) < 4.78 is 5.22. The third-order valence-electron chi connectivity index (χ3n) is 3.17. The number of pyridine rings is 1. The molecule has 0 aliphatic rings. The third kappa shape index (κ3) is 5.43. The molecule has 1 N–H and O–H groups in total. The first kappa shape index (κ1) is 16.5. The number of hydrogen-bond donors (Lipinski definition) is 1. The van der Waals surface area contributed by atoms with Crippen molar-refractivity contribution in [3.05, 3.63) is 71.2 Å². The highest BCUT2D eigenvalue weighted by atomic mass is 16.5. The number of nitrogens with zero attached hydrogens (tertiary/aromatic N) is 1. The molecule has 1 aromatic heterocycles. The van der Waals surface area contributed by atoms with Crippen molar-refractivity contribution in [2.75, 3.05) is 13.2 Å². The van der Waals surface area contributed by atoms with Gasteiger partial charge in [0, 0.05) is 18.7 Å². The fourth-order valence-corrected chi connectivity index (χ4v) is 2.01. The summed E-state index contributed by atoms with van der Waals surface area (Å²) in [5, 5.41) is 14.0. The summed E-state index contributed by atoms with van der Waals surface area (Å²) in [6, 6.07) is 14.4. The molecule has 23 heavy (non-hydrogen) atoms. The van der Waals surface area contributed by atoms with Crippen LogP contribution in [0.15, 0.2) is 54.7 Å². The van der Waals surface area contributed by atoms with Gasteiger partial charge < -0.3 is 15.3 Å². The van der Waals surface area contributed by atoms with E-state index in [-0.39, 0.29) is 11.6 Å². The number of rotatable bonds is 7. The Kier molecular flexibility index (Phi) is 6.11. The van der Waals surface area contributed by atoms with Gasteiger partial charge in [0.05, 0.1) is 0 Å². The zero-order chi connectivity index (χ0) is 16.5. The van der Waals surface area contributed by atoms with Crippen molar-refractivity contribution in [3.8, 4) is 0 Å². The smallest absolute Gasteiger partial charge is 0.405 e. The highest BCUT2D eigenvalue weighted by molar-refractivity contribution is 5.88. The highest BCUT2D eigenvalue weighted by Crippen LogP contribution is 2.01. The van der Waals surface area contributed by atoms with Gasteiger partial charge in [0.15, 0.2) is 12.8 Å². The summed E-state index contributed by atoms with van der Waals surface area (Å²) in [6.45, 7) is 0.0945. The number of hydrogen-bond acceptors (Lipinski definition) is 4. The summed E-state index contributed by atoms with van der Waals surface area (Å²) in [4.78, 5) is 23.3. The van der Waals surface area contributed by atoms with Crippen LogP contribution in [-0.2, 0) is 16.0 Å². The van der Waals surface area contributed by atoms with Crippen molar-refractivity contribution in [1.29, 1.82) is 0 Å². The molecule has 6 heteroatoms. The molecular formula is C17H18N2O4. The number of aromatic nitrogens is 1. The first-order valence-corrected chi connectivity index (χ1v) is 7.33. The monoisotopic (exact) mass is 314 g/mol. The Morgan fingerprint density at radius 1 is 1.09 bits per heavy atom. The van der Waals surface area contributed by atoms with E-state index in [1.54, 1.807) is 6.07 Å². The summed E-state index contributed by atoms with van der Waals surface area (Å²) >= 11 is 0. The second-order valence-electron chi connectivity index (χ2n) is 4.93. The van der Waals surface area contributed by atoms with Gasteiger partial charge in [0.25, 0.3) is 5.91 Å². The van der Waals surface area contributed by atoms with Crippen LogP contribution < -0.4 is 10.0 Å². The number of ether oxygens (including phenoxy) is 1. The fraction of sp³-hybridized carbons (Fsp3) is 0.235. The summed E-state index contributed by atoms with van der Waals surface area (Å²) in [7, 11) is 0. The third-order valence-corrected chi connectivity index (χ3v) is 3.17. The van der Waals surface area contributed by atoms with E-state index in [0.717, 1.165) is 12.8 Å². The van der Waals surface area contributed by atoms with Gasteiger partial charge in [-0.3, -0.25) is 4.79 Å². The Hall–Kier alpha value is -2.89. The predicted molar refractivity (Wildman–Crippen MR) is 83.5 cm³/mol. The van der Waals surface area contributed by atoms with Crippen LogP contribution in [0.1, 0.15) is 22.5 Å². The molecule has 0 saturated carbocycles. The molecule has 0 aliphatic heterocycles. The molecule has 0 radical (unpaired) electrons. The average molecular weight is 314 g/mol. The van der Waals surface area contributed by atoms with Gasteiger partial charge in [0.1, 0.15) is 0 Å². The van der Waals surface area contributed by atoms with Crippen molar-refractivity contribution >= 4 is 11.9 Å². The number of carbonyl (C=O) groups excluding carboxylic acids is 2. The fourth-order valence-electron chi connectivity index (χ4n) is 2.01. The maximum absolute atomic E-state index is 11.7. The number of esters is 1. The van der Waals surface area contributed by atoms with E-state index in [1.807, 2.05) is 30.3 Å². The molecule has 120 valence electrons. The maximum Gasteiger partial charge on any atom is 0.405 e. The van der Waals surface area contributed by atoms with E-state index >= 15 is 0 Å². The van der Waals surface area contributed by atoms with Crippen LogP contribution in [0, 0.1) is 5.21 Å². The van der Waals surface area contributed by atoms with Crippen molar-refractivity contribution < 1.29 is 19.1 Å². The predicted octanol–water partition coefficient (Wildman–Crippen LogP) is 1.23. The molecule has 1 amide bonds. The molecule has 2 aromatic rings. The van der Waals surface area contributed by atoms with Crippen molar-refractivity contribution in [2.45, 2.75) is 12.8 Å². The lowest BCUT2D eigenvalue weighted by Crippen LogP contribution is -2.36. The largest absolute Gasteiger partial charge is 0.618 e. The lowest BCUT2D eigenvalue weighted by atomic mass is 10.1. The van der Waals surface area contributed by atoms with E-state index in [2.05, 4.69) is 5.32 Å². The number of benzene rings is 1. The highest BCUT2D eigenvalue weighted by Gasteiger charge is 2.17. The van der Waals surface area contributed by atoms with Crippen LogP contribution in [0.5, 0.6) is 0 Å². The van der Waals surface area contributed by atoms with Gasteiger partial charge in [0.2, 0.25) is 0 Å². The minimum absolute atomic E-state index is 0.149. The van der Waals surface area contributed by atoms with Crippen LogP contribution in [0.4, 0.5) is 0 Å². The Labute approximate surface area is 134 Å². The lowest BCUT2D eigenvalue weighted by Gasteiger charge is -2.07. The van der Waals surface area contributed by atoms with Crippen LogP contribution in [-0.4, -0.2) is 25.0 Å². The number of amides is 1. The van der Waals surface area contributed by atoms with Crippen LogP contribution in [0.2, 0.25) is 0 Å². The standard InChI is InChI=1S/C17H18N2O4/c20-16(18-11-6-9-14-7-2-1-3-8-14)13-23-17(21)15-10-4-5-12-19(15)22/h1-5,7-8,10,12H,6,9,11,13H2,(H,18,20). The number of aryl methyl sites for hydroxylation is 1. The first-order chi connectivity index (χ1) is 11.2. The van der Waals surface area contributed by atoms with Crippen LogP contribution >= 0.6 is 0 Å². The number of nitrogens with one attached hydrogen (secondary N) is 1. The Morgan fingerprint density at radius 2 is 1.83 bits per heavy atom. The van der Waals surface area contributed by atoms with E-state index < -0.39 is 12.6 Å². The van der Waals surface area contributed by atoms with Gasteiger partial charge in [-0.25, -0.2) is 4.79 Å². The van der Waals surface area contributed by atoms with Crippen molar-refractivity contribution in [3.63, 3.8) is 0 Å². The summed E-state index contributed by atoms with van der Waals surface area (Å²) in [5.74, 6) is -1.21. The molecule has 1 aromatic carbocycles. The molecule has 0 aliphatic carbocycles. The molecule has 0 fully saturated rings. The molecule has 0 spiro atoms. The summed E-state index contributed by atoms with van der Waals surface area (Å²) in [5.41, 5.74) is 1.06. The SMILES string of the molecule is O=C(COC(=O)c1cccc[n+]1[O-])NCCCc1ccccc1. The Morgan fingerprint density at radius 3 is 2.57 bits per heavy atom. The van der Waals surface area contributed by atoms with Gasteiger partial charge in [-0.05, 0) is 24.5 Å². The summed E-state index contributed by atoms with van der Waals surface area (Å²) in [6.07, 6.45) is 2.85. The quantitative estimate of drug-likeness (QED) is 0.361. The van der Waals surface area contributed by atoms with E-state index in [4.69, 9.17) is 4.74 Å².